The van der Waals surface area contributed by atoms with E-state index in [1.54, 1.807) is 12.3 Å². The largest absolute Gasteiger partial charge is 0.379 e. The van der Waals surface area contributed by atoms with Crippen molar-refractivity contribution in [3.63, 3.8) is 0 Å². The Balaban J connectivity index is 1.44. The van der Waals surface area contributed by atoms with Gasteiger partial charge in [0.1, 0.15) is 5.82 Å². The lowest BCUT2D eigenvalue weighted by Crippen LogP contribution is -2.49. The number of rotatable bonds is 9. The van der Waals surface area contributed by atoms with Crippen LogP contribution in [0.3, 0.4) is 0 Å². The monoisotopic (exact) mass is 438 g/mol. The fraction of sp³-hybridized carbons (Fsp3) is 0.480. The number of pyridine rings is 1. The number of nitrogens with one attached hydrogen (secondary N) is 1. The van der Waals surface area contributed by atoms with Gasteiger partial charge in [-0.3, -0.25) is 9.59 Å². The highest BCUT2D eigenvalue weighted by atomic mass is 16.5. The Morgan fingerprint density at radius 1 is 1.09 bits per heavy atom. The molecule has 32 heavy (non-hydrogen) atoms. The Morgan fingerprint density at radius 3 is 2.50 bits per heavy atom. The van der Waals surface area contributed by atoms with Gasteiger partial charge in [-0.1, -0.05) is 24.3 Å². The predicted molar refractivity (Wildman–Crippen MR) is 126 cm³/mol. The molecular formula is C25H34N4O3. The molecule has 7 heteroatoms. The van der Waals surface area contributed by atoms with Gasteiger partial charge in [-0.05, 0) is 50.5 Å². The Bertz CT molecular complexity index is 890. The van der Waals surface area contributed by atoms with Crippen LogP contribution in [0.2, 0.25) is 0 Å². The van der Waals surface area contributed by atoms with Gasteiger partial charge in [-0.2, -0.15) is 0 Å². The number of carbonyl (C=O) groups excluding carboxylic acids is 2. The molecule has 1 aliphatic rings. The van der Waals surface area contributed by atoms with Crippen LogP contribution >= 0.6 is 0 Å². The minimum atomic E-state index is -0.125. The van der Waals surface area contributed by atoms with E-state index >= 15 is 0 Å². The summed E-state index contributed by atoms with van der Waals surface area (Å²) in [5.74, 6) is 0.871. The minimum absolute atomic E-state index is 0.125. The number of anilines is 1. The van der Waals surface area contributed by atoms with Crippen molar-refractivity contribution in [2.24, 2.45) is 0 Å². The van der Waals surface area contributed by atoms with Crippen molar-refractivity contribution in [1.82, 2.24) is 15.2 Å². The molecule has 2 aromatic rings. The number of hydrogen-bond donors (Lipinski definition) is 1. The summed E-state index contributed by atoms with van der Waals surface area (Å²) in [7, 11) is 0. The number of aryl methyl sites for hydroxylation is 1. The molecular weight excluding hydrogens is 404 g/mol. The smallest absolute Gasteiger partial charge is 0.252 e. The lowest BCUT2D eigenvalue weighted by Gasteiger charge is -2.35. The van der Waals surface area contributed by atoms with Gasteiger partial charge in [-0.15, -0.1) is 0 Å². The molecule has 1 fully saturated rings. The third-order valence-electron chi connectivity index (χ3n) is 5.63. The van der Waals surface area contributed by atoms with Crippen molar-refractivity contribution in [2.45, 2.75) is 39.7 Å². The maximum Gasteiger partial charge on any atom is 0.252 e. The molecule has 1 aliphatic heterocycles. The van der Waals surface area contributed by atoms with E-state index in [2.05, 4.69) is 15.2 Å². The summed E-state index contributed by atoms with van der Waals surface area (Å²) in [5.41, 5.74) is 2.78. The Morgan fingerprint density at radius 2 is 1.84 bits per heavy atom. The number of aromatic nitrogens is 1. The highest BCUT2D eigenvalue weighted by Crippen LogP contribution is 2.16. The van der Waals surface area contributed by atoms with E-state index < -0.39 is 0 Å². The summed E-state index contributed by atoms with van der Waals surface area (Å²) in [6.45, 7) is 10.0. The van der Waals surface area contributed by atoms with E-state index in [1.807, 2.05) is 56.0 Å². The molecule has 1 aromatic heterocycles. The van der Waals surface area contributed by atoms with Crippen LogP contribution in [0.5, 0.6) is 0 Å². The molecule has 1 saturated heterocycles. The first-order valence-corrected chi connectivity index (χ1v) is 11.4. The van der Waals surface area contributed by atoms with E-state index in [9.17, 15) is 9.59 Å². The molecule has 2 heterocycles. The van der Waals surface area contributed by atoms with Crippen LogP contribution in [0.1, 0.15) is 41.8 Å². The van der Waals surface area contributed by atoms with Crippen LogP contribution < -0.4 is 10.2 Å². The summed E-state index contributed by atoms with van der Waals surface area (Å²) in [6.07, 6.45) is 3.04. The number of carbonyl (C=O) groups is 2. The highest BCUT2D eigenvalue weighted by molar-refractivity contribution is 5.94. The summed E-state index contributed by atoms with van der Waals surface area (Å²) in [4.78, 5) is 33.5. The topological polar surface area (TPSA) is 74.8 Å². The van der Waals surface area contributed by atoms with Gasteiger partial charge in [-0.25, -0.2) is 4.98 Å². The predicted octanol–water partition coefficient (Wildman–Crippen LogP) is 2.83. The van der Waals surface area contributed by atoms with Crippen LogP contribution in [-0.2, 0) is 16.0 Å². The van der Waals surface area contributed by atoms with Crippen molar-refractivity contribution >= 4 is 17.6 Å². The first kappa shape index (κ1) is 23.7. The van der Waals surface area contributed by atoms with Crippen LogP contribution in [0, 0.1) is 6.92 Å². The van der Waals surface area contributed by atoms with E-state index in [-0.39, 0.29) is 17.9 Å². The van der Waals surface area contributed by atoms with Crippen molar-refractivity contribution in [3.8, 4) is 0 Å². The molecule has 0 radical (unpaired) electrons. The first-order chi connectivity index (χ1) is 15.4. The SMILES string of the molecule is Cc1ccccc1CC(=O)N1CCN(c2ccc(C(=O)NCCCOC(C)C)cn2)CC1. The summed E-state index contributed by atoms with van der Waals surface area (Å²) in [5, 5.41) is 2.90. The lowest BCUT2D eigenvalue weighted by molar-refractivity contribution is -0.130. The zero-order valence-corrected chi connectivity index (χ0v) is 19.3. The van der Waals surface area contributed by atoms with Crippen LogP contribution in [-0.4, -0.2) is 67.1 Å². The van der Waals surface area contributed by atoms with Gasteiger partial charge in [0.15, 0.2) is 0 Å². The lowest BCUT2D eigenvalue weighted by atomic mass is 10.1. The molecule has 0 unspecified atom stereocenters. The van der Waals surface area contributed by atoms with E-state index in [0.717, 1.165) is 36.5 Å². The van der Waals surface area contributed by atoms with Gasteiger partial charge in [0.05, 0.1) is 18.1 Å². The van der Waals surface area contributed by atoms with Gasteiger partial charge < -0.3 is 19.9 Å². The molecule has 2 amide bonds. The standard InChI is InChI=1S/C25H34N4O3/c1-19(2)32-16-6-11-26-25(31)22-9-10-23(27-18-22)28-12-14-29(15-13-28)24(30)17-21-8-5-4-7-20(21)3/h4-5,7-10,18-19H,6,11-17H2,1-3H3,(H,26,31). The van der Waals surface area contributed by atoms with Crippen LogP contribution in [0.4, 0.5) is 5.82 Å². The van der Waals surface area contributed by atoms with E-state index in [4.69, 9.17) is 4.74 Å². The average molecular weight is 439 g/mol. The van der Waals surface area contributed by atoms with Crippen LogP contribution in [0.25, 0.3) is 0 Å². The highest BCUT2D eigenvalue weighted by Gasteiger charge is 2.22. The Hall–Kier alpha value is -2.93. The summed E-state index contributed by atoms with van der Waals surface area (Å²) >= 11 is 0. The Kier molecular flexibility index (Phi) is 8.62. The second kappa shape index (κ2) is 11.6. The fourth-order valence-corrected chi connectivity index (χ4v) is 3.67. The maximum atomic E-state index is 12.7. The number of benzene rings is 1. The van der Waals surface area contributed by atoms with E-state index in [1.165, 1.54) is 0 Å². The van der Waals surface area contributed by atoms with Crippen molar-refractivity contribution in [2.75, 3.05) is 44.2 Å². The van der Waals surface area contributed by atoms with Gasteiger partial charge in [0, 0.05) is 45.5 Å². The quantitative estimate of drug-likeness (QED) is 0.610. The van der Waals surface area contributed by atoms with Crippen molar-refractivity contribution < 1.29 is 14.3 Å². The van der Waals surface area contributed by atoms with E-state index in [0.29, 0.717) is 38.2 Å². The number of piperazine rings is 1. The molecule has 172 valence electrons. The number of ether oxygens (including phenoxy) is 1. The Labute approximate surface area is 190 Å². The third-order valence-corrected chi connectivity index (χ3v) is 5.63. The maximum absolute atomic E-state index is 12.7. The zero-order valence-electron chi connectivity index (χ0n) is 19.3. The molecule has 0 spiro atoms. The summed E-state index contributed by atoms with van der Waals surface area (Å²) in [6, 6.07) is 11.7. The molecule has 0 bridgehead atoms. The molecule has 0 aliphatic carbocycles. The van der Waals surface area contributed by atoms with Gasteiger partial charge >= 0.3 is 0 Å². The molecule has 3 rings (SSSR count). The zero-order chi connectivity index (χ0) is 22.9. The fourth-order valence-electron chi connectivity index (χ4n) is 3.67. The molecule has 0 saturated carbocycles. The summed E-state index contributed by atoms with van der Waals surface area (Å²) < 4.78 is 5.48. The van der Waals surface area contributed by atoms with Crippen molar-refractivity contribution in [3.05, 3.63) is 59.3 Å². The molecule has 1 aromatic carbocycles. The minimum Gasteiger partial charge on any atom is -0.379 e. The molecule has 0 atom stereocenters. The van der Waals surface area contributed by atoms with Gasteiger partial charge in [0.2, 0.25) is 5.91 Å². The number of amides is 2. The third kappa shape index (κ3) is 6.79. The average Bonchev–Trinajstić information content (AvgIpc) is 2.80. The second-order valence-corrected chi connectivity index (χ2v) is 8.41. The first-order valence-electron chi connectivity index (χ1n) is 11.4. The number of hydrogen-bond acceptors (Lipinski definition) is 5. The van der Waals surface area contributed by atoms with Crippen molar-refractivity contribution in [1.29, 1.82) is 0 Å². The normalized spacial score (nSPS) is 14.0. The molecule has 7 nitrogen and oxygen atoms in total. The molecule has 1 N–H and O–H groups in total. The number of nitrogens with zero attached hydrogens (tertiary/aromatic N) is 3. The van der Waals surface area contributed by atoms with Crippen LogP contribution in [0.15, 0.2) is 42.6 Å². The second-order valence-electron chi connectivity index (χ2n) is 8.41. The van der Waals surface area contributed by atoms with Gasteiger partial charge in [0.25, 0.3) is 5.91 Å².